The Morgan fingerprint density at radius 1 is 1.40 bits per heavy atom. The Hall–Kier alpha value is -2.28. The number of carbonyl (C=O) groups is 2. The number of carboxylic acids is 1. The number of hydrogen-bond acceptors (Lipinski definition) is 6. The van der Waals surface area contributed by atoms with Gasteiger partial charge in [-0.25, -0.2) is 14.6 Å². The molecule has 0 atom stereocenters. The molecular formula is C13H11NO5S. The summed E-state index contributed by atoms with van der Waals surface area (Å²) >= 11 is 1.06. The highest BCUT2D eigenvalue weighted by Crippen LogP contribution is 2.30. The Kier molecular flexibility index (Phi) is 4.41. The van der Waals surface area contributed by atoms with E-state index < -0.39 is 11.9 Å². The number of hydrogen-bond donors (Lipinski definition) is 1. The number of esters is 1. The minimum absolute atomic E-state index is 0.166. The second-order valence-corrected chi connectivity index (χ2v) is 4.60. The van der Waals surface area contributed by atoms with E-state index in [-0.39, 0.29) is 12.4 Å². The first-order valence-corrected chi connectivity index (χ1v) is 6.56. The topological polar surface area (TPSA) is 89.6 Å². The number of pyridine rings is 1. The summed E-state index contributed by atoms with van der Waals surface area (Å²) < 4.78 is 10.0. The first-order valence-electron chi connectivity index (χ1n) is 5.75. The monoisotopic (exact) mass is 293 g/mol. The molecule has 0 bridgehead atoms. The number of furan rings is 1. The van der Waals surface area contributed by atoms with Crippen molar-refractivity contribution in [3.05, 3.63) is 41.8 Å². The van der Waals surface area contributed by atoms with Crippen LogP contribution in [0.15, 0.2) is 45.0 Å². The van der Waals surface area contributed by atoms with Gasteiger partial charge < -0.3 is 14.3 Å². The third kappa shape index (κ3) is 3.18. The number of ether oxygens (including phenoxy) is 1. The van der Waals surface area contributed by atoms with E-state index in [9.17, 15) is 9.59 Å². The van der Waals surface area contributed by atoms with Crippen LogP contribution in [0.1, 0.15) is 27.8 Å². The number of rotatable bonds is 5. The molecular weight excluding hydrogens is 282 g/mol. The maximum Gasteiger partial charge on any atom is 0.371 e. The fourth-order valence-electron chi connectivity index (χ4n) is 1.42. The lowest BCUT2D eigenvalue weighted by atomic mass is 10.3. The van der Waals surface area contributed by atoms with Crippen molar-refractivity contribution in [2.45, 2.75) is 17.0 Å². The molecule has 0 radical (unpaired) electrons. The van der Waals surface area contributed by atoms with Gasteiger partial charge in [-0.15, -0.1) is 0 Å². The van der Waals surface area contributed by atoms with Crippen LogP contribution in [0.3, 0.4) is 0 Å². The van der Waals surface area contributed by atoms with Gasteiger partial charge in [-0.3, -0.25) is 0 Å². The van der Waals surface area contributed by atoms with E-state index in [1.807, 2.05) is 0 Å². The van der Waals surface area contributed by atoms with Crippen molar-refractivity contribution >= 4 is 23.7 Å². The fourth-order valence-corrected chi connectivity index (χ4v) is 2.25. The van der Waals surface area contributed by atoms with Crippen LogP contribution in [0, 0.1) is 0 Å². The van der Waals surface area contributed by atoms with E-state index in [2.05, 4.69) is 4.98 Å². The predicted molar refractivity (Wildman–Crippen MR) is 70.0 cm³/mol. The Balaban J connectivity index is 2.24. The van der Waals surface area contributed by atoms with Crippen molar-refractivity contribution in [2.24, 2.45) is 0 Å². The van der Waals surface area contributed by atoms with Crippen molar-refractivity contribution in [1.82, 2.24) is 4.98 Å². The summed E-state index contributed by atoms with van der Waals surface area (Å²) in [7, 11) is 0. The summed E-state index contributed by atoms with van der Waals surface area (Å²) in [4.78, 5) is 26.6. The van der Waals surface area contributed by atoms with E-state index in [4.69, 9.17) is 14.3 Å². The van der Waals surface area contributed by atoms with Gasteiger partial charge in [-0.2, -0.15) is 0 Å². The molecule has 0 saturated carbocycles. The van der Waals surface area contributed by atoms with Crippen molar-refractivity contribution in [1.29, 1.82) is 0 Å². The van der Waals surface area contributed by atoms with Gasteiger partial charge in [-0.1, -0.05) is 0 Å². The van der Waals surface area contributed by atoms with Gasteiger partial charge in [0.15, 0.2) is 5.09 Å². The van der Waals surface area contributed by atoms with Gasteiger partial charge in [0.1, 0.15) is 5.03 Å². The highest BCUT2D eigenvalue weighted by molar-refractivity contribution is 7.99. The summed E-state index contributed by atoms with van der Waals surface area (Å²) in [6.07, 6.45) is 1.53. The second-order valence-electron chi connectivity index (χ2n) is 3.60. The highest BCUT2D eigenvalue weighted by atomic mass is 32.2. The van der Waals surface area contributed by atoms with E-state index in [0.29, 0.717) is 15.7 Å². The number of nitrogens with zero attached hydrogens (tertiary/aromatic N) is 1. The molecule has 1 N–H and O–H groups in total. The molecule has 2 aromatic rings. The zero-order valence-electron chi connectivity index (χ0n) is 10.5. The summed E-state index contributed by atoms with van der Waals surface area (Å²) in [5, 5.41) is 9.52. The fraction of sp³-hybridized carbons (Fsp3) is 0.154. The van der Waals surface area contributed by atoms with Crippen LogP contribution in [-0.4, -0.2) is 28.6 Å². The quantitative estimate of drug-likeness (QED) is 0.847. The largest absolute Gasteiger partial charge is 0.475 e. The van der Waals surface area contributed by atoms with Gasteiger partial charge >= 0.3 is 11.9 Å². The lowest BCUT2D eigenvalue weighted by molar-refractivity contribution is 0.0520. The van der Waals surface area contributed by atoms with E-state index in [1.54, 1.807) is 19.1 Å². The number of aromatic nitrogens is 1. The maximum absolute atomic E-state index is 11.8. The smallest absolute Gasteiger partial charge is 0.371 e. The molecule has 0 unspecified atom stereocenters. The third-order valence-corrected chi connectivity index (χ3v) is 3.20. The van der Waals surface area contributed by atoms with E-state index >= 15 is 0 Å². The summed E-state index contributed by atoms with van der Waals surface area (Å²) in [6.45, 7) is 1.98. The molecule has 0 aliphatic rings. The van der Waals surface area contributed by atoms with Crippen molar-refractivity contribution in [2.75, 3.05) is 6.61 Å². The first kappa shape index (κ1) is 14.1. The first-order chi connectivity index (χ1) is 9.61. The van der Waals surface area contributed by atoms with Gasteiger partial charge in [0.2, 0.25) is 5.76 Å². The van der Waals surface area contributed by atoms with E-state index in [0.717, 1.165) is 11.8 Å². The van der Waals surface area contributed by atoms with Crippen LogP contribution in [0.25, 0.3) is 0 Å². The molecule has 0 spiro atoms. The molecule has 0 fully saturated rings. The average Bonchev–Trinajstić information content (AvgIpc) is 2.88. The molecule has 0 aliphatic heterocycles. The van der Waals surface area contributed by atoms with Gasteiger partial charge in [0.05, 0.1) is 12.2 Å². The lowest BCUT2D eigenvalue weighted by Gasteiger charge is -2.05. The minimum atomic E-state index is -1.15. The van der Waals surface area contributed by atoms with Crippen LogP contribution < -0.4 is 0 Å². The van der Waals surface area contributed by atoms with Crippen LogP contribution in [0.5, 0.6) is 0 Å². The Bertz CT molecular complexity index is 637. The minimum Gasteiger partial charge on any atom is -0.475 e. The molecule has 2 rings (SSSR count). The zero-order valence-corrected chi connectivity index (χ0v) is 11.3. The van der Waals surface area contributed by atoms with Crippen LogP contribution in [0.2, 0.25) is 0 Å². The molecule has 0 amide bonds. The Labute approximate surface area is 118 Å². The van der Waals surface area contributed by atoms with E-state index in [1.165, 1.54) is 18.3 Å². The molecule has 20 heavy (non-hydrogen) atoms. The SMILES string of the molecule is CCOC(=O)c1cccnc1Sc1ccc(C(=O)O)o1. The van der Waals surface area contributed by atoms with Crippen LogP contribution in [-0.2, 0) is 4.74 Å². The number of carboxylic acid groups (broad SMARTS) is 1. The van der Waals surface area contributed by atoms with Crippen molar-refractivity contribution < 1.29 is 23.8 Å². The van der Waals surface area contributed by atoms with Crippen LogP contribution >= 0.6 is 11.8 Å². The molecule has 0 saturated heterocycles. The number of carbonyl (C=O) groups excluding carboxylic acids is 1. The maximum atomic E-state index is 11.8. The Morgan fingerprint density at radius 3 is 2.85 bits per heavy atom. The molecule has 0 aromatic carbocycles. The van der Waals surface area contributed by atoms with Crippen molar-refractivity contribution in [3.8, 4) is 0 Å². The van der Waals surface area contributed by atoms with Gasteiger partial charge in [0.25, 0.3) is 0 Å². The molecule has 2 heterocycles. The number of aromatic carboxylic acids is 1. The zero-order chi connectivity index (χ0) is 14.5. The lowest BCUT2D eigenvalue weighted by Crippen LogP contribution is -2.06. The Morgan fingerprint density at radius 2 is 2.20 bits per heavy atom. The molecule has 7 heteroatoms. The summed E-state index contributed by atoms with van der Waals surface area (Å²) in [5.74, 6) is -1.79. The molecule has 104 valence electrons. The predicted octanol–water partition coefficient (Wildman–Crippen LogP) is 2.70. The third-order valence-electron chi connectivity index (χ3n) is 2.26. The summed E-state index contributed by atoms with van der Waals surface area (Å²) in [6, 6.07) is 6.07. The molecule has 2 aromatic heterocycles. The second kappa shape index (κ2) is 6.25. The van der Waals surface area contributed by atoms with Gasteiger partial charge in [-0.05, 0) is 43.0 Å². The standard InChI is InChI=1S/C13H11NO5S/c1-2-18-13(17)8-4-3-7-14-11(8)20-10-6-5-9(19-10)12(15)16/h3-7H,2H2,1H3,(H,15,16). The van der Waals surface area contributed by atoms with Crippen LogP contribution in [0.4, 0.5) is 0 Å². The van der Waals surface area contributed by atoms with Crippen molar-refractivity contribution in [3.63, 3.8) is 0 Å². The summed E-state index contributed by atoms with van der Waals surface area (Å²) in [5.41, 5.74) is 0.313. The normalized spacial score (nSPS) is 10.2. The van der Waals surface area contributed by atoms with Gasteiger partial charge in [0, 0.05) is 6.20 Å². The average molecular weight is 293 g/mol. The molecule has 6 nitrogen and oxygen atoms in total. The highest BCUT2D eigenvalue weighted by Gasteiger charge is 2.17. The molecule has 0 aliphatic carbocycles.